The quantitative estimate of drug-likeness (QED) is 0.630. The monoisotopic (exact) mass is 325 g/mol. The van der Waals surface area contributed by atoms with Crippen molar-refractivity contribution >= 4 is 22.0 Å². The summed E-state index contributed by atoms with van der Waals surface area (Å²) in [6.45, 7) is 5.77. The van der Waals surface area contributed by atoms with Crippen LogP contribution < -0.4 is 9.47 Å². The Labute approximate surface area is 120 Å². The molecule has 5 heteroatoms. The molecule has 0 aliphatic carbocycles. The van der Waals surface area contributed by atoms with Crippen molar-refractivity contribution in [3.63, 3.8) is 0 Å². The molecule has 0 atom stereocenters. The van der Waals surface area contributed by atoms with Crippen LogP contribution >= 0.6 is 15.9 Å². The number of isocyanates is 1. The van der Waals surface area contributed by atoms with Gasteiger partial charge in [0.25, 0.3) is 0 Å². The van der Waals surface area contributed by atoms with Gasteiger partial charge in [-0.2, -0.15) is 0 Å². The van der Waals surface area contributed by atoms with E-state index < -0.39 is 0 Å². The highest BCUT2D eigenvalue weighted by Crippen LogP contribution is 2.43. The molecule has 1 aromatic rings. The maximum atomic E-state index is 10.4. The number of fused-ring (bicyclic) bond motifs is 1. The lowest BCUT2D eigenvalue weighted by Gasteiger charge is -2.20. The summed E-state index contributed by atoms with van der Waals surface area (Å²) in [5, 5.41) is 0. The van der Waals surface area contributed by atoms with Crippen LogP contribution in [-0.2, 0) is 11.3 Å². The Bertz CT molecular complexity index is 522. The highest BCUT2D eigenvalue weighted by Gasteiger charge is 2.23. The molecule has 2 rings (SSSR count). The smallest absolute Gasteiger partial charge is 0.235 e. The third-order valence-electron chi connectivity index (χ3n) is 3.01. The van der Waals surface area contributed by atoms with Gasteiger partial charge < -0.3 is 9.47 Å². The van der Waals surface area contributed by atoms with Crippen LogP contribution in [0.25, 0.3) is 0 Å². The molecule has 1 aromatic carbocycles. The van der Waals surface area contributed by atoms with Crippen LogP contribution in [0.3, 0.4) is 0 Å². The van der Waals surface area contributed by atoms with Crippen molar-refractivity contribution in [2.24, 2.45) is 4.99 Å². The molecular formula is C14H16BrNO3. The zero-order chi connectivity index (χ0) is 13.8. The topological polar surface area (TPSA) is 47.9 Å². The van der Waals surface area contributed by atoms with Crippen LogP contribution in [0, 0.1) is 0 Å². The minimum Gasteiger partial charge on any atom is -0.490 e. The maximum absolute atomic E-state index is 10.4. The van der Waals surface area contributed by atoms with Gasteiger partial charge in [0.15, 0.2) is 11.5 Å². The predicted molar refractivity (Wildman–Crippen MR) is 75.7 cm³/mol. The fourth-order valence-electron chi connectivity index (χ4n) is 2.22. The van der Waals surface area contributed by atoms with Crippen LogP contribution in [0.2, 0.25) is 0 Å². The average Bonchev–Trinajstić information content (AvgIpc) is 2.60. The number of benzene rings is 1. The Morgan fingerprint density at radius 2 is 2.16 bits per heavy atom. The number of halogens is 1. The van der Waals surface area contributed by atoms with E-state index in [1.165, 1.54) is 0 Å². The van der Waals surface area contributed by atoms with Gasteiger partial charge in [0.1, 0.15) is 0 Å². The summed E-state index contributed by atoms with van der Waals surface area (Å²) < 4.78 is 12.4. The molecule has 0 spiro atoms. The molecule has 0 N–H and O–H groups in total. The van der Waals surface area contributed by atoms with Crippen LogP contribution in [0.5, 0.6) is 11.5 Å². The molecule has 1 aliphatic rings. The lowest BCUT2D eigenvalue weighted by molar-refractivity contribution is 0.295. The van der Waals surface area contributed by atoms with E-state index in [-0.39, 0.29) is 5.92 Å². The molecule has 0 fully saturated rings. The van der Waals surface area contributed by atoms with E-state index in [0.29, 0.717) is 19.8 Å². The van der Waals surface area contributed by atoms with Crippen LogP contribution in [0.15, 0.2) is 15.5 Å². The lowest BCUT2D eigenvalue weighted by Crippen LogP contribution is -2.04. The zero-order valence-corrected chi connectivity index (χ0v) is 12.6. The number of rotatable bonds is 3. The zero-order valence-electron chi connectivity index (χ0n) is 11.0. The summed E-state index contributed by atoms with van der Waals surface area (Å²) in [6.07, 6.45) is 2.45. The third kappa shape index (κ3) is 2.99. The van der Waals surface area contributed by atoms with E-state index in [2.05, 4.69) is 34.8 Å². The Hall–Kier alpha value is -1.32. The van der Waals surface area contributed by atoms with Crippen molar-refractivity contribution in [1.82, 2.24) is 0 Å². The van der Waals surface area contributed by atoms with E-state index in [1.54, 1.807) is 6.08 Å². The van der Waals surface area contributed by atoms with Crippen molar-refractivity contribution in [2.45, 2.75) is 32.7 Å². The molecule has 0 amide bonds. The lowest BCUT2D eigenvalue weighted by atomic mass is 9.95. The van der Waals surface area contributed by atoms with Crippen molar-refractivity contribution in [2.75, 3.05) is 13.2 Å². The molecule has 19 heavy (non-hydrogen) atoms. The molecule has 0 radical (unpaired) electrons. The molecular weight excluding hydrogens is 310 g/mol. The normalized spacial score (nSPS) is 13.9. The van der Waals surface area contributed by atoms with Gasteiger partial charge >= 0.3 is 0 Å². The minimum absolute atomic E-state index is 0.254. The fourth-order valence-corrected chi connectivity index (χ4v) is 2.77. The van der Waals surface area contributed by atoms with Crippen LogP contribution in [-0.4, -0.2) is 19.3 Å². The van der Waals surface area contributed by atoms with Gasteiger partial charge in [-0.3, -0.25) is 0 Å². The first-order chi connectivity index (χ1) is 9.15. The van der Waals surface area contributed by atoms with Crippen molar-refractivity contribution in [3.8, 4) is 11.5 Å². The van der Waals surface area contributed by atoms with Gasteiger partial charge in [0.2, 0.25) is 6.08 Å². The number of ether oxygens (including phenoxy) is 2. The van der Waals surface area contributed by atoms with Gasteiger partial charge in [-0.15, -0.1) is 0 Å². The summed E-state index contributed by atoms with van der Waals surface area (Å²) in [5.41, 5.74) is 2.01. The molecule has 1 heterocycles. The highest BCUT2D eigenvalue weighted by molar-refractivity contribution is 9.10. The van der Waals surface area contributed by atoms with Crippen molar-refractivity contribution < 1.29 is 14.3 Å². The number of carbonyl (C=O) groups excluding carboxylic acids is 1. The van der Waals surface area contributed by atoms with E-state index in [9.17, 15) is 4.79 Å². The third-order valence-corrected chi connectivity index (χ3v) is 3.72. The SMILES string of the molecule is CC(C)c1c(CN=C=O)c(Br)cc2c1OCCCO2. The minimum atomic E-state index is 0.254. The Morgan fingerprint density at radius 1 is 1.42 bits per heavy atom. The van der Waals surface area contributed by atoms with E-state index in [1.807, 2.05) is 6.07 Å². The second kappa shape index (κ2) is 6.22. The number of hydrogen-bond donors (Lipinski definition) is 0. The van der Waals surface area contributed by atoms with Gasteiger partial charge in [-0.1, -0.05) is 29.8 Å². The van der Waals surface area contributed by atoms with E-state index in [0.717, 1.165) is 33.5 Å². The summed E-state index contributed by atoms with van der Waals surface area (Å²) in [7, 11) is 0. The molecule has 4 nitrogen and oxygen atoms in total. The molecule has 0 unspecified atom stereocenters. The Kier molecular flexibility index (Phi) is 4.61. The average molecular weight is 326 g/mol. The first kappa shape index (κ1) is 14.1. The highest BCUT2D eigenvalue weighted by atomic mass is 79.9. The van der Waals surface area contributed by atoms with Crippen LogP contribution in [0.4, 0.5) is 0 Å². The van der Waals surface area contributed by atoms with Crippen molar-refractivity contribution in [1.29, 1.82) is 0 Å². The second-order valence-electron chi connectivity index (χ2n) is 4.69. The molecule has 0 saturated carbocycles. The standard InChI is InChI=1S/C14H16BrNO3/c1-9(2)13-10(7-16-8-17)11(15)6-12-14(13)19-5-3-4-18-12/h6,9H,3-5,7H2,1-2H3. The van der Waals surface area contributed by atoms with Crippen molar-refractivity contribution in [3.05, 3.63) is 21.7 Å². The Morgan fingerprint density at radius 3 is 2.84 bits per heavy atom. The second-order valence-corrected chi connectivity index (χ2v) is 5.54. The van der Waals surface area contributed by atoms with Gasteiger partial charge in [0.05, 0.1) is 19.8 Å². The summed E-state index contributed by atoms with van der Waals surface area (Å²) in [5.74, 6) is 1.79. The van der Waals surface area contributed by atoms with E-state index >= 15 is 0 Å². The first-order valence-electron chi connectivity index (χ1n) is 6.29. The summed E-state index contributed by atoms with van der Waals surface area (Å²) >= 11 is 3.52. The molecule has 102 valence electrons. The number of aliphatic imine (C=N–C) groups is 1. The molecule has 0 saturated heterocycles. The molecule has 0 aromatic heterocycles. The predicted octanol–water partition coefficient (Wildman–Crippen LogP) is 3.57. The largest absolute Gasteiger partial charge is 0.490 e. The van der Waals surface area contributed by atoms with E-state index in [4.69, 9.17) is 9.47 Å². The maximum Gasteiger partial charge on any atom is 0.235 e. The molecule has 0 bridgehead atoms. The first-order valence-corrected chi connectivity index (χ1v) is 7.09. The Balaban J connectivity index is 2.59. The van der Waals surface area contributed by atoms with Gasteiger partial charge in [-0.05, 0) is 17.5 Å². The molecule has 1 aliphatic heterocycles. The summed E-state index contributed by atoms with van der Waals surface area (Å²) in [6, 6.07) is 1.89. The fraction of sp³-hybridized carbons (Fsp3) is 0.500. The van der Waals surface area contributed by atoms with Gasteiger partial charge in [0, 0.05) is 16.5 Å². The number of hydrogen-bond acceptors (Lipinski definition) is 4. The van der Waals surface area contributed by atoms with Gasteiger partial charge in [-0.25, -0.2) is 9.79 Å². The number of nitrogens with zero attached hydrogens (tertiary/aromatic N) is 1. The van der Waals surface area contributed by atoms with Crippen LogP contribution in [0.1, 0.15) is 37.3 Å². The summed E-state index contributed by atoms with van der Waals surface area (Å²) in [4.78, 5) is 14.0.